The van der Waals surface area contributed by atoms with Crippen molar-refractivity contribution in [2.45, 2.75) is 13.8 Å². The number of aromatic nitrogens is 1. The molecule has 0 aliphatic carbocycles. The number of carbonyl (C=O) groups is 1. The Hall–Kier alpha value is -3.67. The van der Waals surface area contributed by atoms with Crippen molar-refractivity contribution in [3.8, 4) is 11.3 Å². The Bertz CT molecular complexity index is 1210. The Balaban J connectivity index is 1.88. The molecule has 0 fully saturated rings. The van der Waals surface area contributed by atoms with Crippen LogP contribution in [0.15, 0.2) is 68.3 Å². The fourth-order valence-corrected chi connectivity index (χ4v) is 2.96. The number of nitrogens with one attached hydrogen (secondary N) is 1. The lowest BCUT2D eigenvalue weighted by molar-refractivity contribution is 0.102. The van der Waals surface area contributed by atoms with Gasteiger partial charge in [0.2, 0.25) is 0 Å². The van der Waals surface area contributed by atoms with Gasteiger partial charge in [-0.3, -0.25) is 9.59 Å². The number of nitrogens with zero attached hydrogens (tertiary/aromatic N) is 1. The number of carbonyl (C=O) groups excluding carboxylic acids is 1. The molecular formula is C21H16N2O4. The molecule has 4 aromatic rings. The molecule has 1 N–H and O–H groups in total. The molecule has 0 saturated carbocycles. The van der Waals surface area contributed by atoms with Gasteiger partial charge >= 0.3 is 0 Å². The summed E-state index contributed by atoms with van der Waals surface area (Å²) in [4.78, 5) is 25.6. The summed E-state index contributed by atoms with van der Waals surface area (Å²) in [6.45, 7) is 3.45. The van der Waals surface area contributed by atoms with E-state index in [9.17, 15) is 9.59 Å². The molecule has 1 amide bonds. The van der Waals surface area contributed by atoms with Gasteiger partial charge in [-0.15, -0.1) is 0 Å². The number of benzene rings is 2. The second-order valence-electron chi connectivity index (χ2n) is 6.21. The highest BCUT2D eigenvalue weighted by atomic mass is 16.5. The maximum Gasteiger partial charge on any atom is 0.260 e. The van der Waals surface area contributed by atoms with E-state index < -0.39 is 5.91 Å². The minimum absolute atomic E-state index is 0.165. The van der Waals surface area contributed by atoms with Crippen LogP contribution in [0.5, 0.6) is 0 Å². The number of amides is 1. The van der Waals surface area contributed by atoms with Crippen molar-refractivity contribution in [3.05, 3.63) is 81.7 Å². The van der Waals surface area contributed by atoms with Crippen molar-refractivity contribution in [1.82, 2.24) is 5.16 Å². The van der Waals surface area contributed by atoms with E-state index in [1.807, 2.05) is 30.3 Å². The number of anilines is 1. The smallest absolute Gasteiger partial charge is 0.260 e. The van der Waals surface area contributed by atoms with Crippen LogP contribution in [0.4, 0.5) is 5.82 Å². The topological polar surface area (TPSA) is 85.3 Å². The molecule has 0 atom stereocenters. The molecule has 6 nitrogen and oxygen atoms in total. The van der Waals surface area contributed by atoms with Gasteiger partial charge in [0.25, 0.3) is 5.91 Å². The Labute approximate surface area is 154 Å². The van der Waals surface area contributed by atoms with Gasteiger partial charge in [0.15, 0.2) is 16.8 Å². The average molecular weight is 360 g/mol. The van der Waals surface area contributed by atoms with Crippen LogP contribution in [-0.4, -0.2) is 11.1 Å². The van der Waals surface area contributed by atoms with Gasteiger partial charge in [-0.1, -0.05) is 41.6 Å². The van der Waals surface area contributed by atoms with Gasteiger partial charge in [0, 0.05) is 17.2 Å². The molecule has 2 aromatic carbocycles. The molecule has 0 spiro atoms. The zero-order chi connectivity index (χ0) is 19.0. The van der Waals surface area contributed by atoms with E-state index in [-0.39, 0.29) is 16.6 Å². The lowest BCUT2D eigenvalue weighted by Crippen LogP contribution is -2.15. The van der Waals surface area contributed by atoms with E-state index in [0.29, 0.717) is 28.3 Å². The van der Waals surface area contributed by atoms with Crippen LogP contribution in [0.3, 0.4) is 0 Å². The van der Waals surface area contributed by atoms with Crippen LogP contribution < -0.4 is 10.7 Å². The Morgan fingerprint density at radius 1 is 1.04 bits per heavy atom. The van der Waals surface area contributed by atoms with Crippen molar-refractivity contribution in [2.75, 3.05) is 5.32 Å². The van der Waals surface area contributed by atoms with E-state index in [1.54, 1.807) is 38.1 Å². The SMILES string of the molecule is Cc1cc(NC(=O)c2cccc3c(=O)c(C)c(-c4ccccc4)oc23)no1. The first-order valence-corrected chi connectivity index (χ1v) is 8.41. The second-order valence-corrected chi connectivity index (χ2v) is 6.21. The van der Waals surface area contributed by atoms with Crippen LogP contribution in [0.1, 0.15) is 21.7 Å². The summed E-state index contributed by atoms with van der Waals surface area (Å²) in [5, 5.41) is 6.78. The van der Waals surface area contributed by atoms with Crippen molar-refractivity contribution >= 4 is 22.7 Å². The number of aryl methyl sites for hydroxylation is 1. The van der Waals surface area contributed by atoms with Crippen molar-refractivity contribution in [2.24, 2.45) is 0 Å². The maximum absolute atomic E-state index is 12.8. The predicted molar refractivity (Wildman–Crippen MR) is 102 cm³/mol. The van der Waals surface area contributed by atoms with E-state index in [4.69, 9.17) is 8.94 Å². The minimum Gasteiger partial charge on any atom is -0.455 e. The standard InChI is InChI=1S/C21H16N2O4/c1-12-11-17(23-27-12)22-21(25)16-10-6-9-15-18(24)13(2)19(26-20(15)16)14-7-4-3-5-8-14/h3-11H,1-2H3,(H,22,23,25). The van der Waals surface area contributed by atoms with Crippen molar-refractivity contribution < 1.29 is 13.7 Å². The van der Waals surface area contributed by atoms with Crippen LogP contribution in [-0.2, 0) is 0 Å². The first-order valence-electron chi connectivity index (χ1n) is 8.41. The zero-order valence-electron chi connectivity index (χ0n) is 14.8. The molecule has 4 rings (SSSR count). The van der Waals surface area contributed by atoms with Crippen molar-refractivity contribution in [3.63, 3.8) is 0 Å². The minimum atomic E-state index is -0.431. The van der Waals surface area contributed by atoms with Gasteiger partial charge in [-0.2, -0.15) is 0 Å². The molecule has 2 aromatic heterocycles. The largest absolute Gasteiger partial charge is 0.455 e. The molecule has 0 unspecified atom stereocenters. The van der Waals surface area contributed by atoms with Gasteiger partial charge in [-0.25, -0.2) is 0 Å². The maximum atomic E-state index is 12.8. The summed E-state index contributed by atoms with van der Waals surface area (Å²) < 4.78 is 11.0. The zero-order valence-corrected chi connectivity index (χ0v) is 14.8. The highest BCUT2D eigenvalue weighted by Crippen LogP contribution is 2.27. The highest BCUT2D eigenvalue weighted by molar-refractivity contribution is 6.11. The van der Waals surface area contributed by atoms with E-state index >= 15 is 0 Å². The molecule has 134 valence electrons. The normalized spacial score (nSPS) is 10.9. The monoisotopic (exact) mass is 360 g/mol. The lowest BCUT2D eigenvalue weighted by Gasteiger charge is -2.10. The van der Waals surface area contributed by atoms with E-state index in [0.717, 1.165) is 5.56 Å². The van der Waals surface area contributed by atoms with Crippen LogP contribution in [0, 0.1) is 13.8 Å². The summed E-state index contributed by atoms with van der Waals surface area (Å²) in [6, 6.07) is 15.9. The number of rotatable bonds is 3. The van der Waals surface area contributed by atoms with Crippen LogP contribution in [0.25, 0.3) is 22.3 Å². The van der Waals surface area contributed by atoms with Gasteiger partial charge in [0.05, 0.1) is 10.9 Å². The Morgan fingerprint density at radius 2 is 1.81 bits per heavy atom. The second kappa shape index (κ2) is 6.57. The molecular weight excluding hydrogens is 344 g/mol. The molecule has 0 saturated heterocycles. The molecule has 6 heteroatoms. The fourth-order valence-electron chi connectivity index (χ4n) is 2.96. The summed E-state index contributed by atoms with van der Waals surface area (Å²) >= 11 is 0. The van der Waals surface area contributed by atoms with Crippen molar-refractivity contribution in [1.29, 1.82) is 0 Å². The Morgan fingerprint density at radius 3 is 2.52 bits per heavy atom. The number of hydrogen-bond acceptors (Lipinski definition) is 5. The summed E-state index contributed by atoms with van der Waals surface area (Å²) in [6.07, 6.45) is 0. The number of hydrogen-bond donors (Lipinski definition) is 1. The van der Waals surface area contributed by atoms with E-state index in [1.165, 1.54) is 0 Å². The molecule has 0 radical (unpaired) electrons. The number of fused-ring (bicyclic) bond motifs is 1. The molecule has 0 aliphatic heterocycles. The lowest BCUT2D eigenvalue weighted by atomic mass is 10.0. The highest BCUT2D eigenvalue weighted by Gasteiger charge is 2.19. The third-order valence-electron chi connectivity index (χ3n) is 4.30. The summed E-state index contributed by atoms with van der Waals surface area (Å²) in [5.74, 6) is 0.898. The fraction of sp³-hybridized carbons (Fsp3) is 0.0952. The molecule has 0 aliphatic rings. The van der Waals surface area contributed by atoms with Crippen LogP contribution >= 0.6 is 0 Å². The first kappa shape index (κ1) is 16.8. The van der Waals surface area contributed by atoms with E-state index in [2.05, 4.69) is 10.5 Å². The summed E-state index contributed by atoms with van der Waals surface area (Å²) in [7, 11) is 0. The predicted octanol–water partition coefficient (Wildman–Crippen LogP) is 4.32. The molecule has 27 heavy (non-hydrogen) atoms. The first-order chi connectivity index (χ1) is 13.0. The number of para-hydroxylation sites is 1. The summed E-state index contributed by atoms with van der Waals surface area (Å²) in [5.41, 5.74) is 1.60. The third kappa shape index (κ3) is 3.01. The van der Waals surface area contributed by atoms with Gasteiger partial charge in [-0.05, 0) is 26.0 Å². The van der Waals surface area contributed by atoms with Gasteiger partial charge in [0.1, 0.15) is 11.5 Å². The molecule has 0 bridgehead atoms. The Kier molecular flexibility index (Phi) is 4.08. The van der Waals surface area contributed by atoms with Crippen LogP contribution in [0.2, 0.25) is 0 Å². The molecule has 2 heterocycles. The average Bonchev–Trinajstić information content (AvgIpc) is 3.09. The van der Waals surface area contributed by atoms with Gasteiger partial charge < -0.3 is 14.3 Å². The quantitative estimate of drug-likeness (QED) is 0.588. The third-order valence-corrected chi connectivity index (χ3v) is 4.30.